The molecule has 3 nitrogen and oxygen atoms in total. The quantitative estimate of drug-likeness (QED) is 0.837. The number of rotatable bonds is 3. The summed E-state index contributed by atoms with van der Waals surface area (Å²) < 4.78 is 2.16. The van der Waals surface area contributed by atoms with Crippen LogP contribution in [0.2, 0.25) is 5.28 Å². The van der Waals surface area contributed by atoms with E-state index >= 15 is 0 Å². The third kappa shape index (κ3) is 2.79. The van der Waals surface area contributed by atoms with Crippen molar-refractivity contribution in [2.45, 2.75) is 56.7 Å². The second kappa shape index (κ2) is 5.61. The van der Waals surface area contributed by atoms with Crippen LogP contribution < -0.4 is 0 Å². The van der Waals surface area contributed by atoms with Crippen molar-refractivity contribution in [1.29, 1.82) is 0 Å². The van der Waals surface area contributed by atoms with Crippen LogP contribution in [0.4, 0.5) is 0 Å². The van der Waals surface area contributed by atoms with Gasteiger partial charge in [-0.3, -0.25) is 4.57 Å². The van der Waals surface area contributed by atoms with E-state index in [4.69, 9.17) is 11.6 Å². The molecule has 5 heteroatoms. The van der Waals surface area contributed by atoms with Gasteiger partial charge in [0.1, 0.15) is 5.82 Å². The Labute approximate surface area is 112 Å². The molecule has 1 aliphatic rings. The fourth-order valence-electron chi connectivity index (χ4n) is 2.55. The van der Waals surface area contributed by atoms with Crippen LogP contribution in [0.5, 0.6) is 0 Å². The summed E-state index contributed by atoms with van der Waals surface area (Å²) in [6, 6.07) is 0.498. The Bertz CT molecular complexity index is 370. The van der Waals surface area contributed by atoms with Crippen LogP contribution in [-0.4, -0.2) is 26.3 Å². The van der Waals surface area contributed by atoms with Gasteiger partial charge in [-0.15, -0.1) is 10.2 Å². The lowest BCUT2D eigenvalue weighted by Gasteiger charge is -2.29. The summed E-state index contributed by atoms with van der Waals surface area (Å²) in [5.41, 5.74) is 0. The van der Waals surface area contributed by atoms with E-state index in [2.05, 4.69) is 34.9 Å². The predicted molar refractivity (Wildman–Crippen MR) is 73.9 cm³/mol. The fraction of sp³-hybridized carbons (Fsp3) is 0.833. The Hall–Kier alpha value is -0.220. The molecule has 1 heterocycles. The minimum atomic E-state index is 0.383. The van der Waals surface area contributed by atoms with Crippen LogP contribution in [0.25, 0.3) is 0 Å². The lowest BCUT2D eigenvalue weighted by molar-refractivity contribution is 0.349. The van der Waals surface area contributed by atoms with E-state index in [1.165, 1.54) is 25.7 Å². The lowest BCUT2D eigenvalue weighted by atomic mass is 9.94. The predicted octanol–water partition coefficient (Wildman–Crippen LogP) is 3.90. The highest BCUT2D eigenvalue weighted by Crippen LogP contribution is 2.36. The number of nitrogens with zero attached hydrogens (tertiary/aromatic N) is 3. The molecule has 0 aliphatic heterocycles. The summed E-state index contributed by atoms with van der Waals surface area (Å²) in [7, 11) is 0. The SMILES string of the molecule is CSC1CCC(n2c(Cl)nnc2C(C)C)CC1. The van der Waals surface area contributed by atoms with Gasteiger partial charge < -0.3 is 0 Å². The molecule has 0 aromatic carbocycles. The molecule has 1 saturated carbocycles. The highest BCUT2D eigenvalue weighted by atomic mass is 35.5. The van der Waals surface area contributed by atoms with Gasteiger partial charge in [0.15, 0.2) is 0 Å². The van der Waals surface area contributed by atoms with E-state index in [-0.39, 0.29) is 0 Å². The molecule has 0 radical (unpaired) electrons. The van der Waals surface area contributed by atoms with Crippen LogP contribution in [0.3, 0.4) is 0 Å². The monoisotopic (exact) mass is 273 g/mol. The first kappa shape index (κ1) is 13.2. The zero-order valence-electron chi connectivity index (χ0n) is 10.7. The van der Waals surface area contributed by atoms with Gasteiger partial charge in [-0.2, -0.15) is 11.8 Å². The fourth-order valence-corrected chi connectivity index (χ4v) is 3.56. The highest BCUT2D eigenvalue weighted by Gasteiger charge is 2.26. The molecule has 0 atom stereocenters. The van der Waals surface area contributed by atoms with Crippen LogP contribution in [0, 0.1) is 0 Å². The van der Waals surface area contributed by atoms with Crippen molar-refractivity contribution in [3.05, 3.63) is 11.1 Å². The Morgan fingerprint density at radius 3 is 2.41 bits per heavy atom. The average Bonchev–Trinajstić information content (AvgIpc) is 2.71. The van der Waals surface area contributed by atoms with Crippen LogP contribution >= 0.6 is 23.4 Å². The largest absolute Gasteiger partial charge is 0.298 e. The molecule has 1 aromatic heterocycles. The number of hydrogen-bond acceptors (Lipinski definition) is 3. The molecule has 2 rings (SSSR count). The van der Waals surface area contributed by atoms with E-state index in [1.54, 1.807) is 0 Å². The molecule has 0 amide bonds. The summed E-state index contributed by atoms with van der Waals surface area (Å²) in [6.07, 6.45) is 7.15. The maximum absolute atomic E-state index is 6.18. The maximum atomic E-state index is 6.18. The number of halogens is 1. The van der Waals surface area contributed by atoms with E-state index < -0.39 is 0 Å². The minimum Gasteiger partial charge on any atom is -0.298 e. The van der Waals surface area contributed by atoms with E-state index in [0.717, 1.165) is 11.1 Å². The van der Waals surface area contributed by atoms with E-state index in [0.29, 0.717) is 17.2 Å². The van der Waals surface area contributed by atoms with Gasteiger partial charge in [0.25, 0.3) is 0 Å². The van der Waals surface area contributed by atoms with Crippen molar-refractivity contribution in [3.63, 3.8) is 0 Å². The van der Waals surface area contributed by atoms with Gasteiger partial charge in [-0.05, 0) is 43.5 Å². The van der Waals surface area contributed by atoms with Gasteiger partial charge in [0, 0.05) is 17.2 Å². The topological polar surface area (TPSA) is 30.7 Å². The highest BCUT2D eigenvalue weighted by molar-refractivity contribution is 7.99. The lowest BCUT2D eigenvalue weighted by Crippen LogP contribution is -2.21. The Balaban J connectivity index is 2.15. The standard InChI is InChI=1S/C12H20ClN3S/c1-8(2)11-14-15-12(13)16(11)9-4-6-10(17-3)7-5-9/h8-10H,4-7H2,1-3H3. The first-order chi connectivity index (χ1) is 8.13. The number of aromatic nitrogens is 3. The molecule has 1 aliphatic carbocycles. The first-order valence-corrected chi connectivity index (χ1v) is 7.93. The smallest absolute Gasteiger partial charge is 0.225 e. The molecule has 17 heavy (non-hydrogen) atoms. The van der Waals surface area contributed by atoms with Crippen LogP contribution in [-0.2, 0) is 0 Å². The molecule has 0 bridgehead atoms. The zero-order valence-corrected chi connectivity index (χ0v) is 12.3. The maximum Gasteiger partial charge on any atom is 0.225 e. The van der Waals surface area contributed by atoms with Crippen molar-refractivity contribution in [2.75, 3.05) is 6.26 Å². The van der Waals surface area contributed by atoms with Crippen molar-refractivity contribution in [1.82, 2.24) is 14.8 Å². The second-order valence-electron chi connectivity index (χ2n) is 5.02. The van der Waals surface area contributed by atoms with Gasteiger partial charge in [0.05, 0.1) is 0 Å². The minimum absolute atomic E-state index is 0.383. The second-order valence-corrected chi connectivity index (χ2v) is 6.49. The summed E-state index contributed by atoms with van der Waals surface area (Å²) in [5.74, 6) is 1.41. The molecule has 96 valence electrons. The van der Waals surface area contributed by atoms with Crippen molar-refractivity contribution in [3.8, 4) is 0 Å². The molecule has 0 unspecified atom stereocenters. The number of hydrogen-bond donors (Lipinski definition) is 0. The summed E-state index contributed by atoms with van der Waals surface area (Å²) >= 11 is 8.16. The molecule has 0 spiro atoms. The van der Waals surface area contributed by atoms with Crippen molar-refractivity contribution >= 4 is 23.4 Å². The molecule has 1 aromatic rings. The molecule has 0 saturated heterocycles. The third-order valence-electron chi connectivity index (χ3n) is 3.54. The Kier molecular flexibility index (Phi) is 4.36. The van der Waals surface area contributed by atoms with Crippen molar-refractivity contribution < 1.29 is 0 Å². The summed E-state index contributed by atoms with van der Waals surface area (Å²) in [4.78, 5) is 0. The normalized spacial score (nSPS) is 25.5. The van der Waals surface area contributed by atoms with Gasteiger partial charge >= 0.3 is 0 Å². The Morgan fingerprint density at radius 1 is 1.24 bits per heavy atom. The van der Waals surface area contributed by atoms with E-state index in [1.807, 2.05) is 11.8 Å². The van der Waals surface area contributed by atoms with Gasteiger partial charge in [-0.1, -0.05) is 13.8 Å². The van der Waals surface area contributed by atoms with E-state index in [9.17, 15) is 0 Å². The zero-order chi connectivity index (χ0) is 12.4. The first-order valence-electron chi connectivity index (χ1n) is 6.26. The number of thioether (sulfide) groups is 1. The summed E-state index contributed by atoms with van der Waals surface area (Å²) in [5, 5.41) is 9.61. The van der Waals surface area contributed by atoms with Crippen LogP contribution in [0.15, 0.2) is 0 Å². The molecule has 1 fully saturated rings. The third-order valence-corrected chi connectivity index (χ3v) is 4.93. The average molecular weight is 274 g/mol. The van der Waals surface area contributed by atoms with Gasteiger partial charge in [0.2, 0.25) is 5.28 Å². The molecular formula is C12H20ClN3S. The van der Waals surface area contributed by atoms with Crippen molar-refractivity contribution in [2.24, 2.45) is 0 Å². The molecule has 0 N–H and O–H groups in total. The van der Waals surface area contributed by atoms with Crippen LogP contribution in [0.1, 0.15) is 57.3 Å². The molecular weight excluding hydrogens is 254 g/mol. The Morgan fingerprint density at radius 2 is 1.88 bits per heavy atom. The van der Waals surface area contributed by atoms with Gasteiger partial charge in [-0.25, -0.2) is 0 Å². The summed E-state index contributed by atoms with van der Waals surface area (Å²) in [6.45, 7) is 4.29.